The van der Waals surface area contributed by atoms with Gasteiger partial charge in [-0.25, -0.2) is 12.8 Å². The molecule has 1 aromatic carbocycles. The van der Waals surface area contributed by atoms with Gasteiger partial charge in [-0.15, -0.1) is 0 Å². The van der Waals surface area contributed by atoms with Gasteiger partial charge in [0.2, 0.25) is 10.0 Å². The van der Waals surface area contributed by atoms with Gasteiger partial charge in [-0.2, -0.15) is 9.57 Å². The molecule has 0 amide bonds. The topological polar surface area (TPSA) is 98.5 Å². The summed E-state index contributed by atoms with van der Waals surface area (Å²) in [5.41, 5.74) is -0.361. The third-order valence-electron chi connectivity index (χ3n) is 3.20. The average molecular weight is 298 g/mol. The fourth-order valence-electron chi connectivity index (χ4n) is 2.05. The second-order valence-corrected chi connectivity index (χ2v) is 6.38. The second-order valence-electron chi connectivity index (χ2n) is 4.44. The molecule has 0 radical (unpaired) electrons. The van der Waals surface area contributed by atoms with Crippen LogP contribution in [-0.2, 0) is 14.8 Å². The molecule has 0 spiro atoms. The zero-order chi connectivity index (χ0) is 14.9. The number of hydrogen-bond acceptors (Lipinski definition) is 4. The third kappa shape index (κ3) is 2.50. The highest BCUT2D eigenvalue weighted by Gasteiger charge is 2.35. The van der Waals surface area contributed by atoms with Crippen molar-refractivity contribution in [2.45, 2.75) is 11.3 Å². The summed E-state index contributed by atoms with van der Waals surface area (Å²) in [5.74, 6) is -2.57. The molecule has 1 atom stereocenters. The van der Waals surface area contributed by atoms with Crippen LogP contribution in [-0.4, -0.2) is 36.9 Å². The molecule has 8 heteroatoms. The highest BCUT2D eigenvalue weighted by molar-refractivity contribution is 7.89. The van der Waals surface area contributed by atoms with Crippen molar-refractivity contribution < 1.29 is 22.7 Å². The molecule has 1 N–H and O–H groups in total. The Morgan fingerprint density at radius 3 is 2.75 bits per heavy atom. The fraction of sp³-hybridized carbons (Fsp3) is 0.333. The van der Waals surface area contributed by atoms with Crippen molar-refractivity contribution >= 4 is 16.0 Å². The predicted octanol–water partition coefficient (Wildman–Crippen LogP) is 0.793. The van der Waals surface area contributed by atoms with Gasteiger partial charge in [0.25, 0.3) is 0 Å². The first-order chi connectivity index (χ1) is 9.36. The number of nitrogens with zero attached hydrogens (tertiary/aromatic N) is 2. The van der Waals surface area contributed by atoms with Crippen molar-refractivity contribution in [2.75, 3.05) is 13.1 Å². The van der Waals surface area contributed by atoms with E-state index in [-0.39, 0.29) is 30.0 Å². The number of hydrogen-bond donors (Lipinski definition) is 1. The number of carboxylic acid groups (broad SMARTS) is 1. The number of rotatable bonds is 3. The lowest BCUT2D eigenvalue weighted by molar-refractivity contribution is -0.141. The standard InChI is InChI=1S/C12H11FN2O4S/c13-11-2-1-10(5-9(11)6-14)20(18,19)15-4-3-8(7-15)12(16)17/h1-2,5,8H,3-4,7H2,(H,16,17)/t8-/m0/s1. The molecule has 2 rings (SSSR count). The number of carbonyl (C=O) groups is 1. The Labute approximate surface area is 115 Å². The molecule has 1 aromatic rings. The Bertz CT molecular complexity index is 696. The summed E-state index contributed by atoms with van der Waals surface area (Å²) in [4.78, 5) is 10.6. The molecule has 0 unspecified atom stereocenters. The highest BCUT2D eigenvalue weighted by atomic mass is 32.2. The van der Waals surface area contributed by atoms with E-state index >= 15 is 0 Å². The Balaban J connectivity index is 2.33. The number of halogens is 1. The van der Waals surface area contributed by atoms with Gasteiger partial charge in [-0.3, -0.25) is 4.79 Å². The third-order valence-corrected chi connectivity index (χ3v) is 5.06. The van der Waals surface area contributed by atoms with Crippen LogP contribution in [0.1, 0.15) is 12.0 Å². The molecule has 106 valence electrons. The molecule has 0 aliphatic carbocycles. The quantitative estimate of drug-likeness (QED) is 0.889. The number of aliphatic carboxylic acids is 1. The smallest absolute Gasteiger partial charge is 0.307 e. The summed E-state index contributed by atoms with van der Waals surface area (Å²) >= 11 is 0. The zero-order valence-electron chi connectivity index (χ0n) is 10.3. The van der Waals surface area contributed by atoms with Gasteiger partial charge in [-0.05, 0) is 24.6 Å². The van der Waals surface area contributed by atoms with Gasteiger partial charge >= 0.3 is 5.97 Å². The molecular weight excluding hydrogens is 287 g/mol. The van der Waals surface area contributed by atoms with Gasteiger partial charge in [0.1, 0.15) is 11.9 Å². The minimum atomic E-state index is -3.90. The van der Waals surface area contributed by atoms with Crippen molar-refractivity contribution in [3.63, 3.8) is 0 Å². The van der Waals surface area contributed by atoms with Crippen LogP contribution in [0.2, 0.25) is 0 Å². The molecule has 1 aliphatic rings. The molecule has 1 aliphatic heterocycles. The van der Waals surface area contributed by atoms with E-state index in [1.54, 1.807) is 6.07 Å². The Morgan fingerprint density at radius 1 is 1.50 bits per heavy atom. The Hall–Kier alpha value is -1.98. The first-order valence-electron chi connectivity index (χ1n) is 5.79. The van der Waals surface area contributed by atoms with E-state index in [1.807, 2.05) is 0 Å². The molecule has 1 heterocycles. The van der Waals surface area contributed by atoms with Gasteiger partial charge in [-0.1, -0.05) is 0 Å². The van der Waals surface area contributed by atoms with E-state index in [0.29, 0.717) is 0 Å². The zero-order valence-corrected chi connectivity index (χ0v) is 11.1. The van der Waals surface area contributed by atoms with Gasteiger partial charge in [0.15, 0.2) is 0 Å². The minimum absolute atomic E-state index is 0.0958. The lowest BCUT2D eigenvalue weighted by atomic mass is 10.1. The molecule has 0 aromatic heterocycles. The van der Waals surface area contributed by atoms with Crippen molar-refractivity contribution in [1.29, 1.82) is 5.26 Å². The number of sulfonamides is 1. The van der Waals surface area contributed by atoms with Crippen molar-refractivity contribution in [3.05, 3.63) is 29.6 Å². The highest BCUT2D eigenvalue weighted by Crippen LogP contribution is 2.25. The monoisotopic (exact) mass is 298 g/mol. The fourth-order valence-corrected chi connectivity index (χ4v) is 3.57. The number of carboxylic acids is 1. The van der Waals surface area contributed by atoms with Crippen LogP contribution < -0.4 is 0 Å². The van der Waals surface area contributed by atoms with Crippen molar-refractivity contribution in [3.8, 4) is 6.07 Å². The largest absolute Gasteiger partial charge is 0.481 e. The van der Waals surface area contributed by atoms with E-state index in [9.17, 15) is 17.6 Å². The first kappa shape index (κ1) is 14.4. The van der Waals surface area contributed by atoms with Gasteiger partial charge in [0, 0.05) is 13.1 Å². The number of benzene rings is 1. The average Bonchev–Trinajstić information content (AvgIpc) is 2.89. The molecule has 20 heavy (non-hydrogen) atoms. The summed E-state index contributed by atoms with van der Waals surface area (Å²) in [6, 6.07) is 4.51. The van der Waals surface area contributed by atoms with E-state index in [4.69, 9.17) is 10.4 Å². The van der Waals surface area contributed by atoms with Crippen LogP contribution in [0.5, 0.6) is 0 Å². The van der Waals surface area contributed by atoms with Crippen LogP contribution in [0.4, 0.5) is 4.39 Å². The van der Waals surface area contributed by atoms with Gasteiger partial charge in [0.05, 0.1) is 16.4 Å². The van der Waals surface area contributed by atoms with Crippen LogP contribution in [0.25, 0.3) is 0 Å². The lowest BCUT2D eigenvalue weighted by Crippen LogP contribution is -2.30. The van der Waals surface area contributed by atoms with E-state index in [0.717, 1.165) is 22.5 Å². The second kappa shape index (κ2) is 5.19. The maximum Gasteiger partial charge on any atom is 0.307 e. The molecule has 1 fully saturated rings. The summed E-state index contributed by atoms with van der Waals surface area (Å²) in [5, 5.41) is 17.6. The SMILES string of the molecule is N#Cc1cc(S(=O)(=O)N2CC[C@H](C(=O)O)C2)ccc1F. The molecular formula is C12H11FN2O4S. The van der Waals surface area contributed by atoms with Crippen molar-refractivity contribution in [1.82, 2.24) is 4.31 Å². The normalized spacial score (nSPS) is 19.7. The summed E-state index contributed by atoms with van der Waals surface area (Å²) in [6.45, 7) is -0.0184. The summed E-state index contributed by atoms with van der Waals surface area (Å²) in [6.07, 6.45) is 0.237. The minimum Gasteiger partial charge on any atom is -0.481 e. The summed E-state index contributed by atoms with van der Waals surface area (Å²) < 4.78 is 38.8. The Morgan fingerprint density at radius 2 is 2.20 bits per heavy atom. The molecule has 0 bridgehead atoms. The van der Waals surface area contributed by atoms with Gasteiger partial charge < -0.3 is 5.11 Å². The van der Waals surface area contributed by atoms with Crippen LogP contribution in [0.3, 0.4) is 0 Å². The van der Waals surface area contributed by atoms with Crippen molar-refractivity contribution in [2.24, 2.45) is 5.92 Å². The lowest BCUT2D eigenvalue weighted by Gasteiger charge is -2.16. The summed E-state index contributed by atoms with van der Waals surface area (Å²) in [7, 11) is -3.90. The first-order valence-corrected chi connectivity index (χ1v) is 7.23. The van der Waals surface area contributed by atoms with E-state index in [2.05, 4.69) is 0 Å². The molecule has 1 saturated heterocycles. The van der Waals surface area contributed by atoms with Crippen LogP contribution in [0, 0.1) is 23.1 Å². The molecule has 0 saturated carbocycles. The maximum absolute atomic E-state index is 13.2. The molecule has 6 nitrogen and oxygen atoms in total. The van der Waals surface area contributed by atoms with E-state index < -0.39 is 27.7 Å². The van der Waals surface area contributed by atoms with Crippen LogP contribution in [0.15, 0.2) is 23.1 Å². The van der Waals surface area contributed by atoms with Crippen LogP contribution >= 0.6 is 0 Å². The Kier molecular flexibility index (Phi) is 3.74. The number of nitriles is 1. The predicted molar refractivity (Wildman–Crippen MR) is 65.6 cm³/mol. The van der Waals surface area contributed by atoms with E-state index in [1.165, 1.54) is 0 Å². The maximum atomic E-state index is 13.2.